The second kappa shape index (κ2) is 8.75. The Morgan fingerprint density at radius 3 is 1.89 bits per heavy atom. The molecule has 152 valence electrons. The number of hydrogen-bond acceptors (Lipinski definition) is 4. The lowest BCUT2D eigenvalue weighted by atomic mass is 9.95. The van der Waals surface area contributed by atoms with Gasteiger partial charge >= 0.3 is 0 Å². The zero-order chi connectivity index (χ0) is 21.1. The second-order valence-electron chi connectivity index (χ2n) is 6.88. The zero-order valence-corrected chi connectivity index (χ0v) is 18.1. The first kappa shape index (κ1) is 21.9. The molecule has 2 aromatic rings. The molecule has 7 heteroatoms. The number of hydrogen-bond donors (Lipinski definition) is 2. The molecule has 0 aliphatic heterocycles. The molecule has 2 N–H and O–H groups in total. The molecular formula is C21H28N2O4S. The van der Waals surface area contributed by atoms with Crippen molar-refractivity contribution in [3.63, 3.8) is 0 Å². The number of methoxy groups -OCH3 is 1. The van der Waals surface area contributed by atoms with Crippen molar-refractivity contribution in [3.05, 3.63) is 52.1 Å². The topological polar surface area (TPSA) is 84.5 Å². The third-order valence-corrected chi connectivity index (χ3v) is 6.95. The highest BCUT2D eigenvalue weighted by atomic mass is 32.2. The Hall–Kier alpha value is -2.38. The first-order valence-electron chi connectivity index (χ1n) is 9.09. The summed E-state index contributed by atoms with van der Waals surface area (Å²) in [4.78, 5) is 12.4. The average molecular weight is 405 g/mol. The van der Waals surface area contributed by atoms with Gasteiger partial charge in [-0.05, 0) is 86.7 Å². The van der Waals surface area contributed by atoms with Gasteiger partial charge in [-0.2, -0.15) is 0 Å². The summed E-state index contributed by atoms with van der Waals surface area (Å²) in [5.41, 5.74) is 5.17. The van der Waals surface area contributed by atoms with Crippen LogP contribution in [0.15, 0.2) is 29.2 Å². The van der Waals surface area contributed by atoms with E-state index in [4.69, 9.17) is 4.74 Å². The maximum absolute atomic E-state index is 12.8. The maximum atomic E-state index is 12.8. The van der Waals surface area contributed by atoms with Crippen LogP contribution >= 0.6 is 0 Å². The number of ether oxygens (including phenoxy) is 1. The summed E-state index contributed by atoms with van der Waals surface area (Å²) in [6.45, 7) is 9.52. The lowest BCUT2D eigenvalue weighted by Crippen LogP contribution is -2.29. The Bertz CT molecular complexity index is 951. The van der Waals surface area contributed by atoms with Gasteiger partial charge in [0.1, 0.15) is 5.75 Å². The van der Waals surface area contributed by atoms with E-state index in [0.717, 1.165) is 27.8 Å². The predicted molar refractivity (Wildman–Crippen MR) is 112 cm³/mol. The molecule has 0 atom stereocenters. The van der Waals surface area contributed by atoms with Crippen molar-refractivity contribution < 1.29 is 17.9 Å². The van der Waals surface area contributed by atoms with E-state index >= 15 is 0 Å². The number of carbonyl (C=O) groups is 1. The Kier molecular flexibility index (Phi) is 6.85. The highest BCUT2D eigenvalue weighted by Gasteiger charge is 2.23. The number of rotatable bonds is 7. The molecule has 0 radical (unpaired) electrons. The maximum Gasteiger partial charge on any atom is 0.241 e. The van der Waals surface area contributed by atoms with Gasteiger partial charge < -0.3 is 10.1 Å². The molecule has 6 nitrogen and oxygen atoms in total. The minimum Gasteiger partial charge on any atom is -0.497 e. The Balaban J connectivity index is 2.05. The summed E-state index contributed by atoms with van der Waals surface area (Å²) in [5, 5.41) is 2.74. The van der Waals surface area contributed by atoms with Crippen LogP contribution in [0, 0.1) is 34.6 Å². The zero-order valence-electron chi connectivity index (χ0n) is 17.3. The fraction of sp³-hybridized carbons (Fsp3) is 0.381. The van der Waals surface area contributed by atoms with Gasteiger partial charge in [-0.15, -0.1) is 0 Å². The van der Waals surface area contributed by atoms with E-state index in [2.05, 4.69) is 10.0 Å². The van der Waals surface area contributed by atoms with Crippen LogP contribution in [-0.2, 0) is 14.8 Å². The van der Waals surface area contributed by atoms with Crippen LogP contribution in [0.25, 0.3) is 0 Å². The third kappa shape index (κ3) is 4.72. The highest BCUT2D eigenvalue weighted by Crippen LogP contribution is 2.29. The average Bonchev–Trinajstić information content (AvgIpc) is 2.65. The number of amides is 1. The van der Waals surface area contributed by atoms with E-state index in [1.807, 2.05) is 34.6 Å². The SMILES string of the molecule is COc1ccc(NC(=O)CCNS(=O)(=O)c2c(C)c(C)c(C)c(C)c2C)cc1. The molecule has 0 bridgehead atoms. The van der Waals surface area contributed by atoms with E-state index < -0.39 is 10.0 Å². The molecule has 0 spiro atoms. The van der Waals surface area contributed by atoms with Gasteiger partial charge in [0.2, 0.25) is 15.9 Å². The molecule has 0 aromatic heterocycles. The molecular weight excluding hydrogens is 376 g/mol. The number of anilines is 1. The van der Waals surface area contributed by atoms with Crippen LogP contribution in [-0.4, -0.2) is 28.0 Å². The van der Waals surface area contributed by atoms with Crippen molar-refractivity contribution >= 4 is 21.6 Å². The molecule has 0 heterocycles. The van der Waals surface area contributed by atoms with Crippen molar-refractivity contribution in [2.75, 3.05) is 19.0 Å². The molecule has 0 unspecified atom stereocenters. The molecule has 2 rings (SSSR count). The van der Waals surface area contributed by atoms with E-state index in [-0.39, 0.29) is 18.9 Å². The highest BCUT2D eigenvalue weighted by molar-refractivity contribution is 7.89. The number of carbonyl (C=O) groups excluding carboxylic acids is 1. The lowest BCUT2D eigenvalue weighted by molar-refractivity contribution is -0.116. The standard InChI is InChI=1S/C21H28N2O4S/c1-13-14(2)16(4)21(17(5)15(13)3)28(25,26)22-12-11-20(24)23-18-7-9-19(27-6)10-8-18/h7-10,22H,11-12H2,1-6H3,(H,23,24). The van der Waals surface area contributed by atoms with Crippen LogP contribution < -0.4 is 14.8 Å². The summed E-state index contributed by atoms with van der Waals surface area (Å²) >= 11 is 0. The number of sulfonamides is 1. The minimum atomic E-state index is -3.71. The molecule has 2 aromatic carbocycles. The van der Waals surface area contributed by atoms with Crippen LogP contribution in [0.3, 0.4) is 0 Å². The van der Waals surface area contributed by atoms with Gasteiger partial charge in [-0.3, -0.25) is 4.79 Å². The fourth-order valence-electron chi connectivity index (χ4n) is 3.14. The largest absolute Gasteiger partial charge is 0.497 e. The van der Waals surface area contributed by atoms with Gasteiger partial charge in [0, 0.05) is 18.7 Å². The van der Waals surface area contributed by atoms with Gasteiger partial charge in [0.05, 0.1) is 12.0 Å². The van der Waals surface area contributed by atoms with Crippen LogP contribution in [0.2, 0.25) is 0 Å². The van der Waals surface area contributed by atoms with E-state index in [0.29, 0.717) is 16.3 Å². The van der Waals surface area contributed by atoms with E-state index in [1.165, 1.54) is 0 Å². The van der Waals surface area contributed by atoms with E-state index in [1.54, 1.807) is 31.4 Å². The number of nitrogens with one attached hydrogen (secondary N) is 2. The lowest BCUT2D eigenvalue weighted by Gasteiger charge is -2.19. The molecule has 0 aliphatic rings. The van der Waals surface area contributed by atoms with Gasteiger partial charge in [0.15, 0.2) is 0 Å². The van der Waals surface area contributed by atoms with Crippen LogP contribution in [0.5, 0.6) is 5.75 Å². The number of benzene rings is 2. The Morgan fingerprint density at radius 1 is 0.893 bits per heavy atom. The minimum absolute atomic E-state index is 0.0230. The predicted octanol–water partition coefficient (Wildman–Crippen LogP) is 3.54. The summed E-state index contributed by atoms with van der Waals surface area (Å²) in [6.07, 6.45) is 0.0349. The van der Waals surface area contributed by atoms with Crippen LogP contribution in [0.4, 0.5) is 5.69 Å². The van der Waals surface area contributed by atoms with Crippen molar-refractivity contribution in [2.24, 2.45) is 0 Å². The molecule has 0 aliphatic carbocycles. The molecule has 28 heavy (non-hydrogen) atoms. The fourth-order valence-corrected chi connectivity index (χ4v) is 4.77. The summed E-state index contributed by atoms with van der Waals surface area (Å²) in [6, 6.07) is 6.94. The third-order valence-electron chi connectivity index (χ3n) is 5.22. The van der Waals surface area contributed by atoms with Crippen LogP contribution in [0.1, 0.15) is 34.2 Å². The summed E-state index contributed by atoms with van der Waals surface area (Å²) < 4.78 is 33.3. The van der Waals surface area contributed by atoms with Crippen molar-refractivity contribution in [3.8, 4) is 5.75 Å². The quantitative estimate of drug-likeness (QED) is 0.739. The Labute approximate surface area is 167 Å². The monoisotopic (exact) mass is 404 g/mol. The second-order valence-corrected chi connectivity index (χ2v) is 8.58. The molecule has 0 saturated carbocycles. The van der Waals surface area contributed by atoms with Crippen molar-refractivity contribution in [1.82, 2.24) is 4.72 Å². The smallest absolute Gasteiger partial charge is 0.241 e. The normalized spacial score (nSPS) is 11.4. The Morgan fingerprint density at radius 2 is 1.39 bits per heavy atom. The van der Waals surface area contributed by atoms with E-state index in [9.17, 15) is 13.2 Å². The van der Waals surface area contributed by atoms with Crippen molar-refractivity contribution in [1.29, 1.82) is 0 Å². The molecule has 0 saturated heterocycles. The van der Waals surface area contributed by atoms with Gasteiger partial charge in [-0.25, -0.2) is 13.1 Å². The molecule has 1 amide bonds. The summed E-state index contributed by atoms with van der Waals surface area (Å²) in [5.74, 6) is 0.428. The first-order valence-corrected chi connectivity index (χ1v) is 10.6. The first-order chi connectivity index (χ1) is 13.1. The van der Waals surface area contributed by atoms with Gasteiger partial charge in [-0.1, -0.05) is 0 Å². The molecule has 0 fully saturated rings. The van der Waals surface area contributed by atoms with Gasteiger partial charge in [0.25, 0.3) is 0 Å². The van der Waals surface area contributed by atoms with Crippen molar-refractivity contribution in [2.45, 2.75) is 45.9 Å². The summed E-state index contributed by atoms with van der Waals surface area (Å²) in [7, 11) is -2.14.